The smallest absolute Gasteiger partial charge is 1.00 e. The van der Waals surface area contributed by atoms with Gasteiger partial charge < -0.3 is 11.8 Å². The molecule has 2 N–H and O–H groups in total. The quantitative estimate of drug-likeness (QED) is 0.464. The Bertz CT molecular complexity index is 141. The van der Waals surface area contributed by atoms with Crippen molar-refractivity contribution in [3.05, 3.63) is 0 Å². The van der Waals surface area contributed by atoms with E-state index in [0.29, 0.717) is 6.04 Å². The fourth-order valence-electron chi connectivity index (χ4n) is 0.973. The zero-order valence-electron chi connectivity index (χ0n) is 8.13. The van der Waals surface area contributed by atoms with Gasteiger partial charge in [0.15, 0.2) is 0 Å². The molecule has 4 heteroatoms. The van der Waals surface area contributed by atoms with E-state index in [-0.39, 0.29) is 43.4 Å². The van der Waals surface area contributed by atoms with Crippen LogP contribution < -0.4 is 34.9 Å². The summed E-state index contributed by atoms with van der Waals surface area (Å²) >= 11 is 0. The minimum atomic E-state index is -0.722. The van der Waals surface area contributed by atoms with Crippen LogP contribution in [0.15, 0.2) is 0 Å². The fourth-order valence-corrected chi connectivity index (χ4v) is 0.973. The van der Waals surface area contributed by atoms with E-state index < -0.39 is 5.97 Å². The Balaban J connectivity index is 0. The SMILES string of the molecule is CC(CC(=O)O)NC1CC1.[H-].[Na+]. The van der Waals surface area contributed by atoms with Crippen molar-refractivity contribution in [1.29, 1.82) is 0 Å². The average molecular weight is 167 g/mol. The molecule has 0 bridgehead atoms. The van der Waals surface area contributed by atoms with Crippen molar-refractivity contribution in [2.75, 3.05) is 0 Å². The minimum absolute atomic E-state index is 0. The summed E-state index contributed by atoms with van der Waals surface area (Å²) in [5, 5.41) is 11.6. The summed E-state index contributed by atoms with van der Waals surface area (Å²) in [6.07, 6.45) is 2.66. The maximum atomic E-state index is 10.2. The molecule has 0 aromatic carbocycles. The molecule has 1 unspecified atom stereocenters. The average Bonchev–Trinajstić information content (AvgIpc) is 2.46. The molecular weight excluding hydrogens is 153 g/mol. The van der Waals surface area contributed by atoms with E-state index in [2.05, 4.69) is 5.32 Å². The second-order valence-corrected chi connectivity index (χ2v) is 2.94. The van der Waals surface area contributed by atoms with Gasteiger partial charge in [-0.15, -0.1) is 0 Å². The van der Waals surface area contributed by atoms with Crippen LogP contribution in [0.3, 0.4) is 0 Å². The monoisotopic (exact) mass is 167 g/mol. The molecule has 0 saturated heterocycles. The number of hydrogen-bond donors (Lipinski definition) is 2. The molecule has 1 rings (SSSR count). The maximum absolute atomic E-state index is 10.2. The summed E-state index contributed by atoms with van der Waals surface area (Å²) in [5.74, 6) is -0.722. The van der Waals surface area contributed by atoms with E-state index >= 15 is 0 Å². The fraction of sp³-hybridized carbons (Fsp3) is 0.857. The first-order chi connectivity index (χ1) is 4.68. The molecule has 1 saturated carbocycles. The largest absolute Gasteiger partial charge is 1.00 e. The van der Waals surface area contributed by atoms with Gasteiger partial charge in [-0.3, -0.25) is 4.79 Å². The van der Waals surface area contributed by atoms with E-state index in [1.54, 1.807) is 0 Å². The van der Waals surface area contributed by atoms with Crippen molar-refractivity contribution in [2.45, 2.75) is 38.3 Å². The van der Waals surface area contributed by atoms with Gasteiger partial charge in [-0.05, 0) is 19.8 Å². The van der Waals surface area contributed by atoms with Gasteiger partial charge >= 0.3 is 35.5 Å². The van der Waals surface area contributed by atoms with Crippen molar-refractivity contribution < 1.29 is 40.9 Å². The van der Waals surface area contributed by atoms with Gasteiger partial charge in [0.05, 0.1) is 6.42 Å². The predicted octanol–water partition coefficient (Wildman–Crippen LogP) is -2.28. The summed E-state index contributed by atoms with van der Waals surface area (Å²) in [4.78, 5) is 10.2. The van der Waals surface area contributed by atoms with Crippen LogP contribution in [-0.4, -0.2) is 23.2 Å². The van der Waals surface area contributed by atoms with Crippen molar-refractivity contribution in [2.24, 2.45) is 0 Å². The number of carboxylic acid groups (broad SMARTS) is 1. The summed E-state index contributed by atoms with van der Waals surface area (Å²) in [7, 11) is 0. The number of aliphatic carboxylic acids is 1. The number of nitrogens with one attached hydrogen (secondary N) is 1. The van der Waals surface area contributed by atoms with Crippen molar-refractivity contribution in [3.63, 3.8) is 0 Å². The van der Waals surface area contributed by atoms with Gasteiger partial charge in [-0.2, -0.15) is 0 Å². The molecule has 3 nitrogen and oxygen atoms in total. The molecule has 0 aromatic heterocycles. The summed E-state index contributed by atoms with van der Waals surface area (Å²) in [5.41, 5.74) is 0. The van der Waals surface area contributed by atoms with Crippen LogP contribution in [0.5, 0.6) is 0 Å². The van der Waals surface area contributed by atoms with Gasteiger partial charge in [0.1, 0.15) is 0 Å². The number of carbonyl (C=O) groups is 1. The number of carboxylic acids is 1. The Kier molecular flexibility index (Phi) is 5.34. The molecule has 0 aliphatic heterocycles. The van der Waals surface area contributed by atoms with Gasteiger partial charge in [-0.25, -0.2) is 0 Å². The maximum Gasteiger partial charge on any atom is 1.00 e. The summed E-state index contributed by atoms with van der Waals surface area (Å²) < 4.78 is 0. The van der Waals surface area contributed by atoms with E-state index in [1.165, 1.54) is 12.8 Å². The molecule has 1 fully saturated rings. The van der Waals surface area contributed by atoms with Gasteiger partial charge in [0, 0.05) is 12.1 Å². The van der Waals surface area contributed by atoms with Crippen LogP contribution in [0.25, 0.3) is 0 Å². The summed E-state index contributed by atoms with van der Waals surface area (Å²) in [6.45, 7) is 1.91. The first-order valence-electron chi connectivity index (χ1n) is 3.66. The summed E-state index contributed by atoms with van der Waals surface area (Å²) in [6, 6.07) is 0.736. The van der Waals surface area contributed by atoms with E-state index in [0.717, 1.165) is 0 Å². The topological polar surface area (TPSA) is 49.3 Å². The predicted molar refractivity (Wildman–Crippen MR) is 39.0 cm³/mol. The first-order valence-corrected chi connectivity index (χ1v) is 3.66. The molecule has 11 heavy (non-hydrogen) atoms. The molecule has 1 aliphatic rings. The Labute approximate surface area is 90.3 Å². The van der Waals surface area contributed by atoms with Crippen LogP contribution in [-0.2, 0) is 4.79 Å². The number of hydrogen-bond acceptors (Lipinski definition) is 2. The van der Waals surface area contributed by atoms with Crippen molar-refractivity contribution in [3.8, 4) is 0 Å². The standard InChI is InChI=1S/C7H13NO2.Na.H/c1-5(4-7(9)10)8-6-2-3-6;;/h5-6,8H,2-4H2,1H3,(H,9,10);;/q;+1;-1. The van der Waals surface area contributed by atoms with Crippen LogP contribution in [0.4, 0.5) is 0 Å². The van der Waals surface area contributed by atoms with Crippen LogP contribution in [0.1, 0.15) is 27.6 Å². The molecule has 0 radical (unpaired) electrons. The molecule has 0 aromatic rings. The molecule has 0 amide bonds. The van der Waals surface area contributed by atoms with Crippen LogP contribution in [0.2, 0.25) is 0 Å². The van der Waals surface area contributed by atoms with Crippen molar-refractivity contribution in [1.82, 2.24) is 5.32 Å². The van der Waals surface area contributed by atoms with E-state index in [1.807, 2.05) is 6.92 Å². The second kappa shape index (κ2) is 5.14. The van der Waals surface area contributed by atoms with Crippen LogP contribution >= 0.6 is 0 Å². The zero-order valence-corrected chi connectivity index (χ0v) is 9.13. The third kappa shape index (κ3) is 5.67. The molecule has 60 valence electrons. The minimum Gasteiger partial charge on any atom is -1.00 e. The zero-order chi connectivity index (χ0) is 7.56. The first kappa shape index (κ1) is 11.4. The molecule has 0 spiro atoms. The molecule has 0 heterocycles. The molecular formula is C7H14NNaO2. The van der Waals surface area contributed by atoms with E-state index in [4.69, 9.17) is 5.11 Å². The van der Waals surface area contributed by atoms with Crippen molar-refractivity contribution >= 4 is 5.97 Å². The Morgan fingerprint density at radius 3 is 2.73 bits per heavy atom. The third-order valence-electron chi connectivity index (χ3n) is 1.58. The third-order valence-corrected chi connectivity index (χ3v) is 1.58. The van der Waals surface area contributed by atoms with Crippen LogP contribution in [0, 0.1) is 0 Å². The Morgan fingerprint density at radius 1 is 1.82 bits per heavy atom. The second-order valence-electron chi connectivity index (χ2n) is 2.94. The normalized spacial score (nSPS) is 18.6. The molecule has 1 atom stereocenters. The van der Waals surface area contributed by atoms with Gasteiger partial charge in [-0.1, -0.05) is 0 Å². The van der Waals surface area contributed by atoms with E-state index in [9.17, 15) is 4.79 Å². The Hall–Kier alpha value is 0.430. The van der Waals surface area contributed by atoms with Gasteiger partial charge in [0.25, 0.3) is 0 Å². The Morgan fingerprint density at radius 2 is 2.36 bits per heavy atom. The van der Waals surface area contributed by atoms with Gasteiger partial charge in [0.2, 0.25) is 0 Å². The molecule has 1 aliphatic carbocycles. The number of rotatable bonds is 4.